The van der Waals surface area contributed by atoms with Crippen LogP contribution in [-0.4, -0.2) is 17.1 Å². The number of imidazole rings is 1. The average molecular weight is 276 g/mol. The van der Waals surface area contributed by atoms with Crippen molar-refractivity contribution in [2.45, 2.75) is 0 Å². The van der Waals surface area contributed by atoms with Crippen molar-refractivity contribution < 1.29 is 4.74 Å². The predicted molar refractivity (Wildman–Crippen MR) is 79.6 cm³/mol. The number of methoxy groups -OCH3 is 1. The van der Waals surface area contributed by atoms with Gasteiger partial charge in [0, 0.05) is 11.8 Å². The van der Waals surface area contributed by atoms with Gasteiger partial charge >= 0.3 is 0 Å². The monoisotopic (exact) mass is 275 g/mol. The van der Waals surface area contributed by atoms with Crippen molar-refractivity contribution >= 4 is 35.1 Å². The first kappa shape index (κ1) is 13.2. The molecule has 3 rings (SSSR count). The molecule has 0 aliphatic rings. The van der Waals surface area contributed by atoms with Crippen molar-refractivity contribution in [3.63, 3.8) is 0 Å². The largest absolute Gasteiger partial charge is 0.497 e. The summed E-state index contributed by atoms with van der Waals surface area (Å²) in [5.74, 6) is 1.54. The number of nitrogens with one attached hydrogen (secondary N) is 2. The quantitative estimate of drug-likeness (QED) is 0.766. The lowest BCUT2D eigenvalue weighted by Gasteiger charge is -2.04. The van der Waals surface area contributed by atoms with E-state index >= 15 is 0 Å². The number of benzene rings is 2. The average Bonchev–Trinajstić information content (AvgIpc) is 2.81. The van der Waals surface area contributed by atoms with Crippen LogP contribution in [0.5, 0.6) is 5.75 Å². The number of hydrogen-bond donors (Lipinski definition) is 2. The smallest absolute Gasteiger partial charge is 0.205 e. The molecule has 4 nitrogen and oxygen atoms in total. The van der Waals surface area contributed by atoms with E-state index in [0.717, 1.165) is 28.4 Å². The van der Waals surface area contributed by atoms with Gasteiger partial charge in [0.2, 0.25) is 5.95 Å². The van der Waals surface area contributed by atoms with Crippen LogP contribution >= 0.6 is 12.4 Å². The van der Waals surface area contributed by atoms with Crippen LogP contribution in [0.3, 0.4) is 0 Å². The topological polar surface area (TPSA) is 49.9 Å². The second-order valence-electron chi connectivity index (χ2n) is 3.96. The van der Waals surface area contributed by atoms with Gasteiger partial charge in [-0.1, -0.05) is 18.2 Å². The number of halogens is 1. The van der Waals surface area contributed by atoms with Crippen molar-refractivity contribution in [2.75, 3.05) is 12.4 Å². The summed E-state index contributed by atoms with van der Waals surface area (Å²) in [6.07, 6.45) is 0. The number of H-pyrrole nitrogens is 1. The van der Waals surface area contributed by atoms with Gasteiger partial charge < -0.3 is 15.0 Å². The van der Waals surface area contributed by atoms with Crippen LogP contribution in [0.15, 0.2) is 48.5 Å². The van der Waals surface area contributed by atoms with Crippen molar-refractivity contribution in [1.29, 1.82) is 0 Å². The summed E-state index contributed by atoms with van der Waals surface area (Å²) in [6, 6.07) is 15.7. The fourth-order valence-electron chi connectivity index (χ4n) is 1.85. The molecule has 2 N–H and O–H groups in total. The first-order valence-corrected chi connectivity index (χ1v) is 5.71. The third-order valence-electron chi connectivity index (χ3n) is 2.72. The Hall–Kier alpha value is -2.20. The Bertz CT molecular complexity index is 648. The van der Waals surface area contributed by atoms with E-state index in [9.17, 15) is 0 Å². The van der Waals surface area contributed by atoms with Gasteiger partial charge in [-0.25, -0.2) is 4.98 Å². The van der Waals surface area contributed by atoms with Crippen LogP contribution in [0.25, 0.3) is 11.0 Å². The lowest BCUT2D eigenvalue weighted by atomic mass is 10.3. The number of para-hydroxylation sites is 2. The molecule has 2 aromatic carbocycles. The summed E-state index contributed by atoms with van der Waals surface area (Å²) >= 11 is 0. The number of anilines is 2. The summed E-state index contributed by atoms with van der Waals surface area (Å²) in [6.45, 7) is 0. The minimum absolute atomic E-state index is 0. The molecule has 98 valence electrons. The number of aromatic nitrogens is 2. The normalized spacial score (nSPS) is 9.95. The Labute approximate surface area is 117 Å². The van der Waals surface area contributed by atoms with Crippen molar-refractivity contribution in [1.82, 2.24) is 9.97 Å². The maximum atomic E-state index is 5.18. The molecule has 0 saturated heterocycles. The number of nitrogens with zero attached hydrogens (tertiary/aromatic N) is 1. The second-order valence-corrected chi connectivity index (χ2v) is 3.96. The number of hydrogen-bond acceptors (Lipinski definition) is 3. The Kier molecular flexibility index (Phi) is 3.92. The number of rotatable bonds is 3. The molecule has 0 spiro atoms. The number of fused-ring (bicyclic) bond motifs is 1. The summed E-state index contributed by atoms with van der Waals surface area (Å²) < 4.78 is 5.18. The second kappa shape index (κ2) is 5.63. The van der Waals surface area contributed by atoms with Crippen molar-refractivity contribution in [3.8, 4) is 5.75 Å². The lowest BCUT2D eigenvalue weighted by molar-refractivity contribution is 0.415. The first-order valence-electron chi connectivity index (χ1n) is 5.71. The molecule has 0 aliphatic carbocycles. The van der Waals surface area contributed by atoms with E-state index in [1.54, 1.807) is 7.11 Å². The molecule has 0 aliphatic heterocycles. The molecule has 0 saturated carbocycles. The SMILES string of the molecule is COc1cccc(Nc2nc3ccccc3[nH]2)c1.Cl. The molecule has 0 radical (unpaired) electrons. The van der Waals surface area contributed by atoms with Gasteiger partial charge in [0.05, 0.1) is 18.1 Å². The Morgan fingerprint density at radius 2 is 1.95 bits per heavy atom. The van der Waals surface area contributed by atoms with Gasteiger partial charge in [-0.15, -0.1) is 12.4 Å². The molecule has 0 unspecified atom stereocenters. The zero-order chi connectivity index (χ0) is 12.4. The van der Waals surface area contributed by atoms with Crippen LogP contribution in [0.1, 0.15) is 0 Å². The van der Waals surface area contributed by atoms with Crippen LogP contribution < -0.4 is 10.1 Å². The van der Waals surface area contributed by atoms with Crippen molar-refractivity contribution in [2.24, 2.45) is 0 Å². The van der Waals surface area contributed by atoms with Gasteiger partial charge in [-0.2, -0.15) is 0 Å². The Balaban J connectivity index is 0.00000133. The zero-order valence-corrected chi connectivity index (χ0v) is 11.2. The molecular formula is C14H14ClN3O. The number of ether oxygens (including phenoxy) is 1. The molecule has 3 aromatic rings. The van der Waals surface area contributed by atoms with Gasteiger partial charge in [0.15, 0.2) is 0 Å². The third-order valence-corrected chi connectivity index (χ3v) is 2.72. The van der Waals surface area contributed by atoms with E-state index in [4.69, 9.17) is 4.74 Å². The number of aromatic amines is 1. The van der Waals surface area contributed by atoms with E-state index in [0.29, 0.717) is 0 Å². The standard InChI is InChI=1S/C14H13N3O.ClH/c1-18-11-6-4-5-10(9-11)15-14-16-12-7-2-3-8-13(12)17-14;/h2-9H,1H3,(H2,15,16,17);1H. The molecule has 5 heteroatoms. The molecule has 1 heterocycles. The fraction of sp³-hybridized carbons (Fsp3) is 0.0714. The van der Waals surface area contributed by atoms with Crippen LogP contribution in [0.2, 0.25) is 0 Å². The Morgan fingerprint density at radius 3 is 2.74 bits per heavy atom. The summed E-state index contributed by atoms with van der Waals surface area (Å²) in [7, 11) is 1.65. The molecule has 0 amide bonds. The van der Waals surface area contributed by atoms with Crippen LogP contribution in [0.4, 0.5) is 11.6 Å². The summed E-state index contributed by atoms with van der Waals surface area (Å²) in [4.78, 5) is 7.67. The van der Waals surface area contributed by atoms with Gasteiger partial charge in [0.1, 0.15) is 5.75 Å². The first-order chi connectivity index (χ1) is 8.85. The molecular weight excluding hydrogens is 262 g/mol. The van der Waals surface area contributed by atoms with E-state index in [1.165, 1.54) is 0 Å². The van der Waals surface area contributed by atoms with Crippen LogP contribution in [-0.2, 0) is 0 Å². The van der Waals surface area contributed by atoms with Gasteiger partial charge in [0.25, 0.3) is 0 Å². The highest BCUT2D eigenvalue weighted by Crippen LogP contribution is 2.21. The molecule has 19 heavy (non-hydrogen) atoms. The molecule has 0 atom stereocenters. The van der Waals surface area contributed by atoms with E-state index < -0.39 is 0 Å². The van der Waals surface area contributed by atoms with Gasteiger partial charge in [-0.05, 0) is 24.3 Å². The highest BCUT2D eigenvalue weighted by Gasteiger charge is 2.02. The van der Waals surface area contributed by atoms with E-state index in [-0.39, 0.29) is 12.4 Å². The highest BCUT2D eigenvalue weighted by atomic mass is 35.5. The van der Waals surface area contributed by atoms with Crippen LogP contribution in [0, 0.1) is 0 Å². The fourth-order valence-corrected chi connectivity index (χ4v) is 1.85. The minimum Gasteiger partial charge on any atom is -0.497 e. The predicted octanol–water partition coefficient (Wildman–Crippen LogP) is 3.74. The lowest BCUT2D eigenvalue weighted by Crippen LogP contribution is -1.92. The highest BCUT2D eigenvalue weighted by molar-refractivity contribution is 5.85. The van der Waals surface area contributed by atoms with Crippen molar-refractivity contribution in [3.05, 3.63) is 48.5 Å². The molecule has 0 fully saturated rings. The molecule has 1 aromatic heterocycles. The summed E-state index contributed by atoms with van der Waals surface area (Å²) in [5.41, 5.74) is 2.90. The minimum atomic E-state index is 0. The third kappa shape index (κ3) is 2.80. The maximum Gasteiger partial charge on any atom is 0.205 e. The Morgan fingerprint density at radius 1 is 1.11 bits per heavy atom. The maximum absolute atomic E-state index is 5.18. The van der Waals surface area contributed by atoms with E-state index in [1.807, 2.05) is 48.5 Å². The summed E-state index contributed by atoms with van der Waals surface area (Å²) in [5, 5.41) is 3.22. The molecule has 0 bridgehead atoms. The zero-order valence-electron chi connectivity index (χ0n) is 10.4. The van der Waals surface area contributed by atoms with E-state index in [2.05, 4.69) is 15.3 Å². The van der Waals surface area contributed by atoms with Gasteiger partial charge in [-0.3, -0.25) is 0 Å².